The van der Waals surface area contributed by atoms with Crippen LogP contribution >= 0.6 is 22.6 Å². The maximum Gasteiger partial charge on any atom is -0.00332 e. The summed E-state index contributed by atoms with van der Waals surface area (Å²) in [5.74, 6) is 0. The Morgan fingerprint density at radius 2 is 1.75 bits per heavy atom. The van der Waals surface area contributed by atoms with Gasteiger partial charge in [-0.25, -0.2) is 0 Å². The van der Waals surface area contributed by atoms with Gasteiger partial charge in [0.2, 0.25) is 0 Å². The molecule has 0 aliphatic heterocycles. The van der Waals surface area contributed by atoms with E-state index < -0.39 is 0 Å². The lowest BCUT2D eigenvalue weighted by atomic mass is 11.0. The van der Waals surface area contributed by atoms with E-state index >= 15 is 0 Å². The second-order valence-electron chi connectivity index (χ2n) is 0.267. The van der Waals surface area contributed by atoms with Crippen LogP contribution in [-0.2, 0) is 0 Å². The fourth-order valence-corrected chi connectivity index (χ4v) is 0. The third kappa shape index (κ3) is 16.1. The first-order valence-corrected chi connectivity index (χ1v) is 2.50. The van der Waals surface area contributed by atoms with Gasteiger partial charge >= 0.3 is 0 Å². The van der Waals surface area contributed by atoms with Crippen molar-refractivity contribution in [3.63, 3.8) is 0 Å². The summed E-state index contributed by atoms with van der Waals surface area (Å²) in [5.41, 5.74) is 0. The van der Waals surface area contributed by atoms with Crippen molar-refractivity contribution in [2.75, 3.05) is 4.43 Å². The summed E-state index contributed by atoms with van der Waals surface area (Å²) >= 11 is 2.29. The van der Waals surface area contributed by atoms with Crippen molar-refractivity contribution >= 4 is 22.6 Å². The average molecular weight is 174 g/mol. The Morgan fingerprint density at radius 1 is 1.75 bits per heavy atom. The first-order valence-electron chi connectivity index (χ1n) is 0.974. The van der Waals surface area contributed by atoms with Gasteiger partial charge in [0.1, 0.15) is 0 Å². The molecule has 0 unspecified atom stereocenters. The van der Waals surface area contributed by atoms with E-state index in [0.717, 1.165) is 0 Å². The van der Waals surface area contributed by atoms with Gasteiger partial charge in [0, 0.05) is 0 Å². The number of halogens is 1. The molecule has 0 amide bonds. The molecule has 0 heterocycles. The van der Waals surface area contributed by atoms with Crippen LogP contribution in [0.1, 0.15) is 6.92 Å². The van der Waals surface area contributed by atoms with Gasteiger partial charge in [-0.1, -0.05) is 29.5 Å². The zero-order valence-electron chi connectivity index (χ0n) is 2.59. The maximum absolute atomic E-state index is 2.29. The third-order valence-corrected chi connectivity index (χ3v) is 0. The van der Waals surface area contributed by atoms with Crippen molar-refractivity contribution in [1.29, 1.82) is 0 Å². The highest BCUT2D eigenvalue weighted by Crippen LogP contribution is 1.69. The Hall–Kier alpha value is 0.690. The van der Waals surface area contributed by atoms with Crippen molar-refractivity contribution < 1.29 is 5.48 Å². The smallest absolute Gasteiger partial charge is 0.00332 e. The zero-order chi connectivity index (χ0) is 2.71. The van der Waals surface area contributed by atoms with Crippen LogP contribution in [-0.4, -0.2) is 9.90 Å². The molecule has 0 bridgehead atoms. The normalized spacial score (nSPS) is 4.50. The number of hydrogen-bond donors (Lipinski definition) is 0. The van der Waals surface area contributed by atoms with Crippen LogP contribution in [0.2, 0.25) is 0 Å². The van der Waals surface area contributed by atoms with Gasteiger partial charge in [-0.05, 0) is 4.43 Å². The highest BCUT2D eigenvalue weighted by atomic mass is 127. The number of hydrogen-bond acceptors (Lipinski definition) is 0. The number of rotatable bonds is 0. The lowest BCUT2D eigenvalue weighted by Crippen LogP contribution is -1.33. The van der Waals surface area contributed by atoms with Gasteiger partial charge in [-0.2, -0.15) is 0 Å². The van der Waals surface area contributed by atoms with Crippen LogP contribution in [0.4, 0.5) is 0 Å². The van der Waals surface area contributed by atoms with Crippen LogP contribution in [0.25, 0.3) is 0 Å². The lowest BCUT2D eigenvalue weighted by Gasteiger charge is -1.45. The maximum atomic E-state index is 2.29. The highest BCUT2D eigenvalue weighted by molar-refractivity contribution is 14.1. The Morgan fingerprint density at radius 3 is 1.75 bits per heavy atom. The van der Waals surface area contributed by atoms with E-state index in [9.17, 15) is 0 Å². The number of alkyl halides is 1. The molecule has 1 nitrogen and oxygen atoms in total. The summed E-state index contributed by atoms with van der Waals surface area (Å²) in [4.78, 5) is 0. The van der Waals surface area contributed by atoms with Gasteiger partial charge in [0.25, 0.3) is 0 Å². The molecule has 2 heteroatoms. The lowest BCUT2D eigenvalue weighted by molar-refractivity contribution is 0.824. The Bertz CT molecular complexity index is 6.00. The summed E-state index contributed by atoms with van der Waals surface area (Å²) in [6.45, 7) is 2.11. The van der Waals surface area contributed by atoms with Crippen molar-refractivity contribution in [2.45, 2.75) is 6.92 Å². The fraction of sp³-hybridized carbons (Fsp3) is 1.00. The first kappa shape index (κ1) is 8.83. The van der Waals surface area contributed by atoms with E-state index in [-0.39, 0.29) is 5.48 Å². The standard InChI is InChI=1S/C2H5I.H2O/c1-2-3;/h2H2,1H3;1H2. The second-order valence-corrected chi connectivity index (χ2v) is 1.79. The summed E-state index contributed by atoms with van der Waals surface area (Å²) in [6, 6.07) is 0. The predicted octanol–water partition coefficient (Wildman–Crippen LogP) is 0.617. The van der Waals surface area contributed by atoms with E-state index in [2.05, 4.69) is 29.5 Å². The minimum atomic E-state index is 0. The summed E-state index contributed by atoms with van der Waals surface area (Å²) in [6.07, 6.45) is 0. The molecule has 0 saturated heterocycles. The van der Waals surface area contributed by atoms with Crippen LogP contribution in [0, 0.1) is 0 Å². The molecule has 0 aliphatic carbocycles. The fourth-order valence-electron chi connectivity index (χ4n) is 0. The van der Waals surface area contributed by atoms with Crippen molar-refractivity contribution in [1.82, 2.24) is 0 Å². The summed E-state index contributed by atoms with van der Waals surface area (Å²) in [5, 5.41) is 0. The largest absolute Gasteiger partial charge is 0.412 e. The van der Waals surface area contributed by atoms with E-state index in [4.69, 9.17) is 0 Å². The monoisotopic (exact) mass is 174 g/mol. The molecule has 0 aliphatic rings. The molecule has 0 radical (unpaired) electrons. The molecule has 0 fully saturated rings. The van der Waals surface area contributed by atoms with E-state index in [0.29, 0.717) is 0 Å². The van der Waals surface area contributed by atoms with Crippen molar-refractivity contribution in [2.24, 2.45) is 0 Å². The molecule has 0 saturated carbocycles. The Balaban J connectivity index is 0. The molecular formula is C2H7IO. The van der Waals surface area contributed by atoms with E-state index in [1.807, 2.05) is 0 Å². The zero-order valence-corrected chi connectivity index (χ0v) is 4.74. The predicted molar refractivity (Wildman–Crippen MR) is 28.2 cm³/mol. The molecule has 0 atom stereocenters. The van der Waals surface area contributed by atoms with Gasteiger partial charge < -0.3 is 5.48 Å². The van der Waals surface area contributed by atoms with Gasteiger partial charge in [-0.15, -0.1) is 0 Å². The SMILES string of the molecule is CCI.O. The van der Waals surface area contributed by atoms with E-state index in [1.165, 1.54) is 4.43 Å². The molecule has 0 aromatic carbocycles. The average Bonchev–Trinajstić information content (AvgIpc) is 0.918. The van der Waals surface area contributed by atoms with Crippen LogP contribution in [0.15, 0.2) is 0 Å². The second kappa shape index (κ2) is 9.35. The molecule has 0 aromatic rings. The van der Waals surface area contributed by atoms with E-state index in [1.54, 1.807) is 0 Å². The van der Waals surface area contributed by atoms with Crippen LogP contribution in [0.5, 0.6) is 0 Å². The molecule has 4 heavy (non-hydrogen) atoms. The quantitative estimate of drug-likeness (QED) is 0.380. The van der Waals surface area contributed by atoms with Gasteiger partial charge in [0.05, 0.1) is 0 Å². The summed E-state index contributed by atoms with van der Waals surface area (Å²) in [7, 11) is 0. The molecule has 0 rings (SSSR count). The molecule has 0 aromatic heterocycles. The van der Waals surface area contributed by atoms with Crippen LogP contribution < -0.4 is 0 Å². The summed E-state index contributed by atoms with van der Waals surface area (Å²) < 4.78 is 1.22. The highest BCUT2D eigenvalue weighted by Gasteiger charge is 1.38. The molecule has 0 spiro atoms. The minimum absolute atomic E-state index is 0. The van der Waals surface area contributed by atoms with Crippen molar-refractivity contribution in [3.8, 4) is 0 Å². The first-order chi connectivity index (χ1) is 1.41. The Kier molecular flexibility index (Phi) is 20.6. The van der Waals surface area contributed by atoms with Gasteiger partial charge in [0.15, 0.2) is 0 Å². The van der Waals surface area contributed by atoms with Crippen LogP contribution in [0.3, 0.4) is 0 Å². The van der Waals surface area contributed by atoms with Crippen molar-refractivity contribution in [3.05, 3.63) is 0 Å². The van der Waals surface area contributed by atoms with Gasteiger partial charge in [-0.3, -0.25) is 0 Å². The third-order valence-electron chi connectivity index (χ3n) is 0. The molecule has 28 valence electrons. The topological polar surface area (TPSA) is 31.5 Å². The molecule has 2 N–H and O–H groups in total. The molecular weight excluding hydrogens is 167 g/mol. The minimum Gasteiger partial charge on any atom is -0.412 e. The Labute approximate surface area is 39.8 Å².